The van der Waals surface area contributed by atoms with Gasteiger partial charge in [0.05, 0.1) is 11.8 Å². The lowest BCUT2D eigenvalue weighted by Crippen LogP contribution is -2.35. The number of nitrogens with zero attached hydrogens (tertiary/aromatic N) is 5. The highest BCUT2D eigenvalue weighted by molar-refractivity contribution is 5.58. The van der Waals surface area contributed by atoms with Gasteiger partial charge in [0.15, 0.2) is 0 Å². The van der Waals surface area contributed by atoms with Crippen LogP contribution in [-0.2, 0) is 6.54 Å². The number of likely N-dealkylation sites (tertiary alicyclic amines) is 1. The van der Waals surface area contributed by atoms with E-state index in [9.17, 15) is 5.11 Å². The number of hydrazine groups is 1. The third kappa shape index (κ3) is 4.79. The van der Waals surface area contributed by atoms with Crippen molar-refractivity contribution < 1.29 is 5.11 Å². The quantitative estimate of drug-likeness (QED) is 0.486. The minimum atomic E-state index is -0.152. The molecule has 7 heteroatoms. The van der Waals surface area contributed by atoms with Crippen LogP contribution in [0.15, 0.2) is 36.8 Å². The van der Waals surface area contributed by atoms with Crippen molar-refractivity contribution in [3.8, 4) is 5.82 Å². The van der Waals surface area contributed by atoms with Gasteiger partial charge >= 0.3 is 0 Å². The lowest BCUT2D eigenvalue weighted by Gasteiger charge is -2.29. The summed E-state index contributed by atoms with van der Waals surface area (Å²) in [5.41, 5.74) is 6.64. The van der Waals surface area contributed by atoms with Crippen molar-refractivity contribution in [2.45, 2.75) is 53.2 Å². The topological polar surface area (TPSA) is 83.4 Å². The van der Waals surface area contributed by atoms with E-state index in [2.05, 4.69) is 53.7 Å². The number of rotatable bonds is 5. The predicted octanol–water partition coefficient (Wildman–Crippen LogP) is 3.47. The summed E-state index contributed by atoms with van der Waals surface area (Å²) < 4.78 is 2.07. The minimum Gasteiger partial charge on any atom is -0.393 e. The molecule has 1 saturated heterocycles. The van der Waals surface area contributed by atoms with Gasteiger partial charge in [-0.15, -0.1) is 0 Å². The van der Waals surface area contributed by atoms with Crippen LogP contribution in [0, 0.1) is 27.7 Å². The molecule has 2 aromatic heterocycles. The van der Waals surface area contributed by atoms with Gasteiger partial charge in [0, 0.05) is 43.8 Å². The number of hydrogen-bond donors (Lipinski definition) is 2. The Bertz CT molecular complexity index is 1050. The Kier molecular flexibility index (Phi) is 6.09. The van der Waals surface area contributed by atoms with E-state index >= 15 is 0 Å². The Morgan fingerprint density at radius 3 is 2.39 bits per heavy atom. The second-order valence-corrected chi connectivity index (χ2v) is 8.77. The average molecular weight is 421 g/mol. The van der Waals surface area contributed by atoms with Crippen LogP contribution in [0.3, 0.4) is 0 Å². The fourth-order valence-corrected chi connectivity index (χ4v) is 4.21. The van der Waals surface area contributed by atoms with Crippen molar-refractivity contribution in [2.24, 2.45) is 5.84 Å². The number of aryl methyl sites for hydroxylation is 4. The van der Waals surface area contributed by atoms with Gasteiger partial charge in [0.1, 0.15) is 5.82 Å². The number of aliphatic hydroxyl groups is 1. The van der Waals surface area contributed by atoms with Crippen molar-refractivity contribution in [2.75, 3.05) is 18.1 Å². The molecule has 3 N–H and O–H groups in total. The number of benzene rings is 1. The van der Waals surface area contributed by atoms with E-state index in [1.165, 1.54) is 11.1 Å². The minimum absolute atomic E-state index is 0.152. The summed E-state index contributed by atoms with van der Waals surface area (Å²) in [6.45, 7) is 11.0. The highest BCUT2D eigenvalue weighted by Gasteiger charge is 2.19. The molecule has 0 saturated carbocycles. The van der Waals surface area contributed by atoms with E-state index < -0.39 is 0 Å². The van der Waals surface area contributed by atoms with Crippen LogP contribution in [0.5, 0.6) is 0 Å². The number of aromatic nitrogens is 3. The van der Waals surface area contributed by atoms with Crippen LogP contribution in [0.2, 0.25) is 0 Å². The van der Waals surface area contributed by atoms with Crippen molar-refractivity contribution in [3.63, 3.8) is 0 Å². The van der Waals surface area contributed by atoms with Crippen LogP contribution in [0.25, 0.3) is 5.82 Å². The van der Waals surface area contributed by atoms with E-state index in [0.717, 1.165) is 60.7 Å². The molecule has 0 amide bonds. The molecule has 0 atom stereocenters. The Morgan fingerprint density at radius 2 is 1.71 bits per heavy atom. The lowest BCUT2D eigenvalue weighted by molar-refractivity contribution is 0.0792. The van der Waals surface area contributed by atoms with Gasteiger partial charge in [-0.25, -0.2) is 15.8 Å². The third-order valence-corrected chi connectivity index (χ3v) is 5.96. The maximum absolute atomic E-state index is 9.76. The van der Waals surface area contributed by atoms with Crippen LogP contribution in [-0.4, -0.2) is 43.7 Å². The molecule has 0 bridgehead atoms. The van der Waals surface area contributed by atoms with Gasteiger partial charge in [-0.3, -0.25) is 4.90 Å². The molecule has 31 heavy (non-hydrogen) atoms. The summed E-state index contributed by atoms with van der Waals surface area (Å²) in [5, 5.41) is 11.3. The lowest BCUT2D eigenvalue weighted by atomic mass is 10.1. The number of piperidine rings is 1. The molecule has 0 unspecified atom stereocenters. The molecule has 4 rings (SSSR count). The van der Waals surface area contributed by atoms with Crippen molar-refractivity contribution in [3.05, 3.63) is 64.6 Å². The zero-order valence-corrected chi connectivity index (χ0v) is 18.8. The summed E-state index contributed by atoms with van der Waals surface area (Å²) in [6, 6.07) is 6.18. The van der Waals surface area contributed by atoms with Crippen molar-refractivity contribution in [1.29, 1.82) is 0 Å². The van der Waals surface area contributed by atoms with E-state index in [4.69, 9.17) is 10.8 Å². The largest absolute Gasteiger partial charge is 0.393 e. The first kappa shape index (κ1) is 21.5. The van der Waals surface area contributed by atoms with E-state index in [1.807, 2.05) is 25.3 Å². The highest BCUT2D eigenvalue weighted by atomic mass is 16.3. The van der Waals surface area contributed by atoms with Crippen molar-refractivity contribution in [1.82, 2.24) is 19.4 Å². The Morgan fingerprint density at radius 1 is 1.03 bits per heavy atom. The molecule has 1 fully saturated rings. The van der Waals surface area contributed by atoms with Gasteiger partial charge < -0.3 is 9.67 Å². The normalized spacial score (nSPS) is 15.4. The van der Waals surface area contributed by atoms with Crippen molar-refractivity contribution >= 4 is 11.6 Å². The summed E-state index contributed by atoms with van der Waals surface area (Å²) in [6.07, 6.45) is 7.63. The Labute approximate surface area is 184 Å². The molecule has 0 aliphatic carbocycles. The summed E-state index contributed by atoms with van der Waals surface area (Å²) in [5.74, 6) is 7.68. The fraction of sp³-hybridized carbons (Fsp3) is 0.417. The summed E-state index contributed by atoms with van der Waals surface area (Å²) >= 11 is 0. The van der Waals surface area contributed by atoms with Crippen LogP contribution < -0.4 is 10.9 Å². The Hall–Kier alpha value is -2.74. The molecule has 0 spiro atoms. The number of aliphatic hydroxyl groups excluding tert-OH is 1. The van der Waals surface area contributed by atoms with E-state index in [1.54, 1.807) is 5.01 Å². The number of nitrogens with two attached hydrogens (primary N) is 1. The number of hydrogen-bond acceptors (Lipinski definition) is 6. The zero-order chi connectivity index (χ0) is 22.1. The smallest absolute Gasteiger partial charge is 0.246 e. The van der Waals surface area contributed by atoms with Gasteiger partial charge in [-0.05, 0) is 74.9 Å². The molecule has 1 aromatic carbocycles. The SMILES string of the molecule is Cc1cc(C)cc(N(N)c2ncc(C)c(-n3cc(C)c(CN4CCC(O)CC4)c3)n2)c1. The highest BCUT2D eigenvalue weighted by Crippen LogP contribution is 2.25. The van der Waals surface area contributed by atoms with Gasteiger partial charge in [0.2, 0.25) is 5.95 Å². The average Bonchev–Trinajstić information content (AvgIpc) is 3.09. The monoisotopic (exact) mass is 420 g/mol. The molecule has 1 aliphatic rings. The van der Waals surface area contributed by atoms with Crippen LogP contribution in [0.1, 0.15) is 40.7 Å². The molecular formula is C24H32N6O. The van der Waals surface area contributed by atoms with Crippen LogP contribution in [0.4, 0.5) is 11.6 Å². The molecule has 3 aromatic rings. The number of anilines is 2. The molecule has 164 valence electrons. The standard InChI is InChI=1S/C24H32N6O/c1-16-9-17(2)11-21(10-16)30(25)24-26-12-18(3)23(27-24)29-13-19(4)20(15-29)14-28-7-5-22(31)6-8-28/h9-13,15,22,31H,5-8,14,25H2,1-4H3. The Balaban J connectivity index is 1.60. The van der Waals surface area contributed by atoms with Gasteiger partial charge in [0.25, 0.3) is 0 Å². The van der Waals surface area contributed by atoms with E-state index in [0.29, 0.717) is 5.95 Å². The maximum atomic E-state index is 9.76. The first-order valence-electron chi connectivity index (χ1n) is 10.8. The molecule has 3 heterocycles. The van der Waals surface area contributed by atoms with Gasteiger partial charge in [-0.2, -0.15) is 4.98 Å². The molecule has 1 aliphatic heterocycles. The molecule has 0 radical (unpaired) electrons. The molecular weight excluding hydrogens is 388 g/mol. The molecule has 7 nitrogen and oxygen atoms in total. The van der Waals surface area contributed by atoms with Crippen LogP contribution >= 0.6 is 0 Å². The third-order valence-electron chi connectivity index (χ3n) is 5.96. The maximum Gasteiger partial charge on any atom is 0.246 e. The fourth-order valence-electron chi connectivity index (χ4n) is 4.21. The first-order chi connectivity index (χ1) is 14.8. The van der Waals surface area contributed by atoms with E-state index in [-0.39, 0.29) is 6.10 Å². The summed E-state index contributed by atoms with van der Waals surface area (Å²) in [4.78, 5) is 11.7. The first-order valence-corrected chi connectivity index (χ1v) is 10.8. The zero-order valence-electron chi connectivity index (χ0n) is 18.8. The predicted molar refractivity (Wildman–Crippen MR) is 124 cm³/mol. The second kappa shape index (κ2) is 8.78. The summed E-state index contributed by atoms with van der Waals surface area (Å²) in [7, 11) is 0. The van der Waals surface area contributed by atoms with Gasteiger partial charge in [-0.1, -0.05) is 6.07 Å². The second-order valence-electron chi connectivity index (χ2n) is 8.77.